The third kappa shape index (κ3) is 1.03. The molecule has 1 heterocycles. The van der Waals surface area contributed by atoms with E-state index < -0.39 is 0 Å². The smallest absolute Gasteiger partial charge is 0.0630 e. The number of aromatic amines is 1. The van der Waals surface area contributed by atoms with E-state index >= 15 is 0 Å². The van der Waals surface area contributed by atoms with Crippen molar-refractivity contribution in [2.24, 2.45) is 0 Å². The van der Waals surface area contributed by atoms with Crippen molar-refractivity contribution in [3.05, 3.63) is 36.0 Å². The SMILES string of the molecule is CCc1ccc2[nH][c]cc2c1. The molecule has 0 saturated carbocycles. The zero-order chi connectivity index (χ0) is 7.68. The van der Waals surface area contributed by atoms with Gasteiger partial charge in [0.2, 0.25) is 0 Å². The van der Waals surface area contributed by atoms with E-state index in [2.05, 4.69) is 36.3 Å². The Hall–Kier alpha value is -1.24. The Kier molecular flexibility index (Phi) is 1.42. The van der Waals surface area contributed by atoms with Crippen molar-refractivity contribution in [2.45, 2.75) is 13.3 Å². The van der Waals surface area contributed by atoms with Crippen LogP contribution in [0, 0.1) is 6.20 Å². The first-order chi connectivity index (χ1) is 5.40. The maximum atomic E-state index is 3.05. The maximum Gasteiger partial charge on any atom is 0.0630 e. The van der Waals surface area contributed by atoms with Crippen LogP contribution >= 0.6 is 0 Å². The molecule has 0 atom stereocenters. The van der Waals surface area contributed by atoms with Crippen LogP contribution in [0.4, 0.5) is 0 Å². The molecule has 0 amide bonds. The Morgan fingerprint density at radius 3 is 3.18 bits per heavy atom. The van der Waals surface area contributed by atoms with Crippen LogP contribution in [0.3, 0.4) is 0 Å². The molecule has 0 aliphatic carbocycles. The van der Waals surface area contributed by atoms with E-state index in [4.69, 9.17) is 0 Å². The zero-order valence-electron chi connectivity index (χ0n) is 6.52. The molecule has 2 rings (SSSR count). The van der Waals surface area contributed by atoms with Crippen LogP contribution in [-0.4, -0.2) is 4.98 Å². The molecule has 1 N–H and O–H groups in total. The number of benzene rings is 1. The summed E-state index contributed by atoms with van der Waals surface area (Å²) in [5.41, 5.74) is 2.55. The number of hydrogen-bond acceptors (Lipinski definition) is 0. The van der Waals surface area contributed by atoms with Gasteiger partial charge in [-0.2, -0.15) is 0 Å². The van der Waals surface area contributed by atoms with E-state index in [1.165, 1.54) is 16.5 Å². The molecule has 1 nitrogen and oxygen atoms in total. The van der Waals surface area contributed by atoms with Crippen molar-refractivity contribution in [3.63, 3.8) is 0 Å². The van der Waals surface area contributed by atoms with Gasteiger partial charge in [0.25, 0.3) is 0 Å². The van der Waals surface area contributed by atoms with Crippen molar-refractivity contribution < 1.29 is 0 Å². The normalized spacial score (nSPS) is 10.6. The average molecular weight is 144 g/mol. The molecule has 2 aromatic rings. The molecule has 11 heavy (non-hydrogen) atoms. The van der Waals surface area contributed by atoms with Gasteiger partial charge in [-0.05, 0) is 30.2 Å². The summed E-state index contributed by atoms with van der Waals surface area (Å²) in [5, 5.41) is 1.25. The molecule has 0 saturated heterocycles. The molecule has 1 heteroatoms. The summed E-state index contributed by atoms with van der Waals surface area (Å²) in [4.78, 5) is 3.05. The Morgan fingerprint density at radius 2 is 2.36 bits per heavy atom. The zero-order valence-corrected chi connectivity index (χ0v) is 6.52. The maximum absolute atomic E-state index is 3.05. The van der Waals surface area contributed by atoms with Crippen LogP contribution in [0.15, 0.2) is 24.3 Å². The number of fused-ring (bicyclic) bond motifs is 1. The van der Waals surface area contributed by atoms with Crippen molar-refractivity contribution >= 4 is 10.9 Å². The van der Waals surface area contributed by atoms with Gasteiger partial charge in [-0.1, -0.05) is 13.0 Å². The van der Waals surface area contributed by atoms with Crippen molar-refractivity contribution in [2.75, 3.05) is 0 Å². The summed E-state index contributed by atoms with van der Waals surface area (Å²) >= 11 is 0. The molecule has 0 bridgehead atoms. The molecule has 1 aromatic carbocycles. The Bertz CT molecular complexity index is 360. The first kappa shape index (κ1) is 6.47. The lowest BCUT2D eigenvalue weighted by Gasteiger charge is -1.94. The van der Waals surface area contributed by atoms with Gasteiger partial charge >= 0.3 is 0 Å². The number of aryl methyl sites for hydroxylation is 1. The highest BCUT2D eigenvalue weighted by molar-refractivity contribution is 5.79. The molecular formula is C10H10N. The molecule has 0 aliphatic heterocycles. The molecule has 0 unspecified atom stereocenters. The third-order valence-electron chi connectivity index (χ3n) is 1.96. The predicted molar refractivity (Wildman–Crippen MR) is 46.5 cm³/mol. The minimum Gasteiger partial charge on any atom is -0.353 e. The lowest BCUT2D eigenvalue weighted by Crippen LogP contribution is -1.77. The van der Waals surface area contributed by atoms with Gasteiger partial charge in [-0.15, -0.1) is 0 Å². The number of hydrogen-bond donors (Lipinski definition) is 1. The first-order valence-corrected chi connectivity index (χ1v) is 3.88. The van der Waals surface area contributed by atoms with Gasteiger partial charge in [0.05, 0.1) is 6.20 Å². The number of rotatable bonds is 1. The Balaban J connectivity index is 2.67. The van der Waals surface area contributed by atoms with E-state index in [1.807, 2.05) is 6.07 Å². The molecule has 0 aliphatic rings. The summed E-state index contributed by atoms with van der Waals surface area (Å²) in [5.74, 6) is 0. The van der Waals surface area contributed by atoms with E-state index in [0.29, 0.717) is 0 Å². The summed E-state index contributed by atoms with van der Waals surface area (Å²) in [6, 6.07) is 8.42. The highest BCUT2D eigenvalue weighted by atomic mass is 14.7. The van der Waals surface area contributed by atoms with Crippen LogP contribution in [0.25, 0.3) is 10.9 Å². The van der Waals surface area contributed by atoms with Crippen LogP contribution < -0.4 is 0 Å². The van der Waals surface area contributed by atoms with E-state index in [-0.39, 0.29) is 0 Å². The summed E-state index contributed by atoms with van der Waals surface area (Å²) in [7, 11) is 0. The highest BCUT2D eigenvalue weighted by Crippen LogP contribution is 2.13. The van der Waals surface area contributed by atoms with Gasteiger partial charge in [0.1, 0.15) is 0 Å². The highest BCUT2D eigenvalue weighted by Gasteiger charge is 1.93. The quantitative estimate of drug-likeness (QED) is 0.633. The summed E-state index contributed by atoms with van der Waals surface area (Å²) in [6.45, 7) is 2.16. The van der Waals surface area contributed by atoms with Gasteiger partial charge < -0.3 is 4.98 Å². The summed E-state index contributed by atoms with van der Waals surface area (Å²) in [6.07, 6.45) is 4.06. The predicted octanol–water partition coefficient (Wildman–Crippen LogP) is 2.53. The molecule has 0 spiro atoms. The van der Waals surface area contributed by atoms with E-state index in [0.717, 1.165) is 6.42 Å². The standard InChI is InChI=1S/C10H10N/c1-2-8-3-4-10-9(7-8)5-6-11-10/h3-5,7,11H,2H2,1H3. The van der Waals surface area contributed by atoms with Crippen LogP contribution in [0.5, 0.6) is 0 Å². The van der Waals surface area contributed by atoms with Gasteiger partial charge in [-0.25, -0.2) is 0 Å². The van der Waals surface area contributed by atoms with Gasteiger partial charge in [-0.3, -0.25) is 0 Å². The second-order valence-electron chi connectivity index (χ2n) is 2.69. The van der Waals surface area contributed by atoms with Gasteiger partial charge in [0.15, 0.2) is 0 Å². The summed E-state index contributed by atoms with van der Waals surface area (Å²) < 4.78 is 0. The number of H-pyrrole nitrogens is 1. The van der Waals surface area contributed by atoms with E-state index in [9.17, 15) is 0 Å². The fraction of sp³-hybridized carbons (Fsp3) is 0.200. The second-order valence-corrected chi connectivity index (χ2v) is 2.69. The minimum absolute atomic E-state index is 1.10. The van der Waals surface area contributed by atoms with Crippen molar-refractivity contribution in [1.29, 1.82) is 0 Å². The van der Waals surface area contributed by atoms with Crippen LogP contribution in [0.1, 0.15) is 12.5 Å². The molecule has 55 valence electrons. The van der Waals surface area contributed by atoms with Gasteiger partial charge in [0, 0.05) is 10.9 Å². The molecule has 1 radical (unpaired) electrons. The average Bonchev–Trinajstić information content (AvgIpc) is 2.50. The third-order valence-corrected chi connectivity index (χ3v) is 1.96. The first-order valence-electron chi connectivity index (χ1n) is 3.88. The number of aromatic nitrogens is 1. The molecule has 1 aromatic heterocycles. The molecule has 0 fully saturated rings. The fourth-order valence-electron chi connectivity index (χ4n) is 1.26. The van der Waals surface area contributed by atoms with Crippen LogP contribution in [0.2, 0.25) is 0 Å². The second kappa shape index (κ2) is 2.42. The lowest BCUT2D eigenvalue weighted by molar-refractivity contribution is 1.15. The largest absolute Gasteiger partial charge is 0.353 e. The minimum atomic E-state index is 1.10. The Morgan fingerprint density at radius 1 is 1.45 bits per heavy atom. The lowest BCUT2D eigenvalue weighted by atomic mass is 10.1. The van der Waals surface area contributed by atoms with Crippen molar-refractivity contribution in [3.8, 4) is 0 Å². The number of nitrogens with one attached hydrogen (secondary N) is 1. The fourth-order valence-corrected chi connectivity index (χ4v) is 1.26. The monoisotopic (exact) mass is 144 g/mol. The topological polar surface area (TPSA) is 15.8 Å². The van der Waals surface area contributed by atoms with Crippen molar-refractivity contribution in [1.82, 2.24) is 4.98 Å². The van der Waals surface area contributed by atoms with Crippen LogP contribution in [-0.2, 0) is 6.42 Å². The molecular weight excluding hydrogens is 134 g/mol. The van der Waals surface area contributed by atoms with E-state index in [1.54, 1.807) is 0 Å². The Labute approximate surface area is 66.1 Å².